The summed E-state index contributed by atoms with van der Waals surface area (Å²) in [4.78, 5) is 5.92. The number of aromatic nitrogens is 2. The monoisotopic (exact) mass is 289 g/mol. The Labute approximate surface area is 125 Å². The van der Waals surface area contributed by atoms with Gasteiger partial charge >= 0.3 is 0 Å². The lowest BCUT2D eigenvalue weighted by Gasteiger charge is -2.31. The minimum Gasteiger partial charge on any atom is -0.336 e. The van der Waals surface area contributed by atoms with Crippen LogP contribution in [0.3, 0.4) is 0 Å². The van der Waals surface area contributed by atoms with Gasteiger partial charge in [-0.1, -0.05) is 26.3 Å². The highest BCUT2D eigenvalue weighted by Crippen LogP contribution is 2.39. The maximum atomic E-state index is 4.57. The fraction of sp³-hybridized carbons (Fsp3) is 0.562. The van der Waals surface area contributed by atoms with Crippen molar-refractivity contribution in [2.45, 2.75) is 45.2 Å². The van der Waals surface area contributed by atoms with Crippen molar-refractivity contribution in [2.24, 2.45) is 12.5 Å². The van der Waals surface area contributed by atoms with Crippen molar-refractivity contribution in [3.8, 4) is 0 Å². The fourth-order valence-electron chi connectivity index (χ4n) is 3.23. The predicted octanol–water partition coefficient (Wildman–Crippen LogP) is 3.74. The van der Waals surface area contributed by atoms with Crippen LogP contribution in [0.5, 0.6) is 0 Å². The van der Waals surface area contributed by atoms with E-state index in [1.54, 1.807) is 11.3 Å². The van der Waals surface area contributed by atoms with E-state index in [0.717, 1.165) is 5.82 Å². The van der Waals surface area contributed by atoms with Crippen LogP contribution in [0.25, 0.3) is 0 Å². The molecular weight excluding hydrogens is 266 g/mol. The Kier molecular flexibility index (Phi) is 3.69. The molecule has 2 unspecified atom stereocenters. The van der Waals surface area contributed by atoms with Crippen LogP contribution < -0.4 is 5.32 Å². The van der Waals surface area contributed by atoms with Gasteiger partial charge < -0.3 is 4.57 Å². The van der Waals surface area contributed by atoms with E-state index in [0.29, 0.717) is 11.5 Å². The Morgan fingerprint density at radius 3 is 2.90 bits per heavy atom. The standard InChI is InChI=1S/C16H23N3S/c1-16(2)8-4-7-13(16)18-14(12-6-5-11-20-12)15-17-9-10-19(15)3/h5-6,9-11,13-14,18H,4,7-8H2,1-3H3. The molecule has 0 spiro atoms. The largest absolute Gasteiger partial charge is 0.336 e. The first-order chi connectivity index (χ1) is 9.58. The molecule has 0 radical (unpaired) electrons. The van der Waals surface area contributed by atoms with Gasteiger partial charge in [-0.05, 0) is 29.7 Å². The van der Waals surface area contributed by atoms with Crippen LogP contribution in [0, 0.1) is 5.41 Å². The number of rotatable bonds is 4. The van der Waals surface area contributed by atoms with Gasteiger partial charge in [-0.25, -0.2) is 4.98 Å². The molecule has 0 aromatic carbocycles. The van der Waals surface area contributed by atoms with Gasteiger partial charge in [-0.2, -0.15) is 0 Å². The van der Waals surface area contributed by atoms with Crippen LogP contribution in [0.15, 0.2) is 29.9 Å². The van der Waals surface area contributed by atoms with Gasteiger partial charge in [0.15, 0.2) is 0 Å². The molecule has 0 amide bonds. The summed E-state index contributed by atoms with van der Waals surface area (Å²) < 4.78 is 2.12. The molecule has 3 rings (SSSR count). The molecule has 2 atom stereocenters. The molecule has 108 valence electrons. The number of nitrogens with zero attached hydrogens (tertiary/aromatic N) is 2. The maximum Gasteiger partial charge on any atom is 0.131 e. The molecule has 1 N–H and O–H groups in total. The summed E-state index contributed by atoms with van der Waals surface area (Å²) in [6.07, 6.45) is 7.80. The second-order valence-corrected chi connectivity index (χ2v) is 7.42. The third-order valence-corrected chi connectivity index (χ3v) is 5.51. The van der Waals surface area contributed by atoms with Crippen LogP contribution in [0.4, 0.5) is 0 Å². The summed E-state index contributed by atoms with van der Waals surface area (Å²) in [7, 11) is 2.07. The van der Waals surface area contributed by atoms with Crippen LogP contribution in [-0.4, -0.2) is 15.6 Å². The lowest BCUT2D eigenvalue weighted by Crippen LogP contribution is -2.40. The number of aryl methyl sites for hydroxylation is 1. The second-order valence-electron chi connectivity index (χ2n) is 6.44. The van der Waals surface area contributed by atoms with E-state index < -0.39 is 0 Å². The van der Waals surface area contributed by atoms with E-state index >= 15 is 0 Å². The summed E-state index contributed by atoms with van der Waals surface area (Å²) in [5.41, 5.74) is 0.376. The Balaban J connectivity index is 1.89. The summed E-state index contributed by atoms with van der Waals surface area (Å²) in [5.74, 6) is 1.11. The summed E-state index contributed by atoms with van der Waals surface area (Å²) >= 11 is 1.81. The SMILES string of the molecule is Cn1ccnc1C(NC1CCCC1(C)C)c1cccs1. The van der Waals surface area contributed by atoms with Crippen molar-refractivity contribution in [1.82, 2.24) is 14.9 Å². The minimum atomic E-state index is 0.206. The van der Waals surface area contributed by atoms with Gasteiger partial charge in [-0.3, -0.25) is 5.32 Å². The number of thiophene rings is 1. The topological polar surface area (TPSA) is 29.9 Å². The molecule has 4 heteroatoms. The molecule has 3 nitrogen and oxygen atoms in total. The zero-order chi connectivity index (χ0) is 14.2. The molecule has 1 saturated carbocycles. The van der Waals surface area contributed by atoms with Gasteiger partial charge in [0.25, 0.3) is 0 Å². The van der Waals surface area contributed by atoms with Crippen molar-refractivity contribution in [2.75, 3.05) is 0 Å². The van der Waals surface area contributed by atoms with E-state index in [4.69, 9.17) is 0 Å². The number of hydrogen-bond acceptors (Lipinski definition) is 3. The van der Waals surface area contributed by atoms with Crippen molar-refractivity contribution in [1.29, 1.82) is 0 Å². The number of hydrogen-bond donors (Lipinski definition) is 1. The van der Waals surface area contributed by atoms with E-state index in [1.807, 2.05) is 12.4 Å². The summed E-state index contributed by atoms with van der Waals surface area (Å²) in [6.45, 7) is 4.75. The Bertz CT molecular complexity index is 556. The van der Waals surface area contributed by atoms with Crippen molar-refractivity contribution < 1.29 is 0 Å². The minimum absolute atomic E-state index is 0.206. The fourth-order valence-corrected chi connectivity index (χ4v) is 4.01. The van der Waals surface area contributed by atoms with Crippen molar-refractivity contribution in [3.63, 3.8) is 0 Å². The molecule has 20 heavy (non-hydrogen) atoms. The molecule has 2 aromatic rings. The first-order valence-electron chi connectivity index (χ1n) is 7.34. The first-order valence-corrected chi connectivity index (χ1v) is 8.22. The molecule has 0 bridgehead atoms. The summed E-state index contributed by atoms with van der Waals surface area (Å²) in [5, 5.41) is 6.02. The maximum absolute atomic E-state index is 4.57. The average molecular weight is 289 g/mol. The van der Waals surface area contributed by atoms with E-state index in [-0.39, 0.29) is 6.04 Å². The Morgan fingerprint density at radius 1 is 1.50 bits per heavy atom. The number of imidazole rings is 1. The Morgan fingerprint density at radius 2 is 2.35 bits per heavy atom. The molecule has 2 aromatic heterocycles. The van der Waals surface area contributed by atoms with E-state index in [1.165, 1.54) is 24.1 Å². The van der Waals surface area contributed by atoms with Gasteiger partial charge in [0.05, 0.1) is 0 Å². The lowest BCUT2D eigenvalue weighted by molar-refractivity contribution is 0.268. The van der Waals surface area contributed by atoms with Gasteiger partial charge in [0.2, 0.25) is 0 Å². The highest BCUT2D eigenvalue weighted by atomic mass is 32.1. The quantitative estimate of drug-likeness (QED) is 0.929. The molecule has 0 aliphatic heterocycles. The van der Waals surface area contributed by atoms with Gasteiger partial charge in [0.1, 0.15) is 11.9 Å². The second kappa shape index (κ2) is 5.34. The van der Waals surface area contributed by atoms with Crippen LogP contribution in [0.2, 0.25) is 0 Å². The zero-order valence-electron chi connectivity index (χ0n) is 12.5. The van der Waals surface area contributed by atoms with Crippen LogP contribution in [-0.2, 0) is 7.05 Å². The molecule has 0 saturated heterocycles. The lowest BCUT2D eigenvalue weighted by atomic mass is 9.87. The Hall–Kier alpha value is -1.13. The van der Waals surface area contributed by atoms with Gasteiger partial charge in [0, 0.05) is 30.4 Å². The molecule has 1 aliphatic rings. The molecular formula is C16H23N3S. The van der Waals surface area contributed by atoms with Crippen molar-refractivity contribution in [3.05, 3.63) is 40.6 Å². The zero-order valence-corrected chi connectivity index (χ0v) is 13.3. The smallest absolute Gasteiger partial charge is 0.131 e. The van der Waals surface area contributed by atoms with Gasteiger partial charge in [-0.15, -0.1) is 11.3 Å². The van der Waals surface area contributed by atoms with E-state index in [9.17, 15) is 0 Å². The highest BCUT2D eigenvalue weighted by molar-refractivity contribution is 7.10. The van der Waals surface area contributed by atoms with Crippen LogP contribution in [0.1, 0.15) is 49.9 Å². The third-order valence-electron chi connectivity index (χ3n) is 4.57. The number of nitrogens with one attached hydrogen (secondary N) is 1. The molecule has 2 heterocycles. The normalized spacial score (nSPS) is 23.1. The first kappa shape index (κ1) is 13.8. The van der Waals surface area contributed by atoms with E-state index in [2.05, 4.69) is 53.3 Å². The molecule has 1 fully saturated rings. The highest BCUT2D eigenvalue weighted by Gasteiger charge is 2.36. The van der Waals surface area contributed by atoms with Crippen LogP contribution >= 0.6 is 11.3 Å². The third kappa shape index (κ3) is 2.54. The molecule has 1 aliphatic carbocycles. The van der Waals surface area contributed by atoms with Crippen molar-refractivity contribution >= 4 is 11.3 Å². The summed E-state index contributed by atoms with van der Waals surface area (Å²) in [6, 6.07) is 5.10. The average Bonchev–Trinajstić information content (AvgIpc) is 3.09. The predicted molar refractivity (Wildman–Crippen MR) is 83.9 cm³/mol.